The number of hydrogen-bond acceptors (Lipinski definition) is 7. The van der Waals surface area contributed by atoms with Crippen LogP contribution in [0.15, 0.2) is 28.6 Å². The molecule has 10 heteroatoms. The lowest BCUT2D eigenvalue weighted by molar-refractivity contribution is 0.0596. The van der Waals surface area contributed by atoms with E-state index in [2.05, 4.69) is 19.7 Å². The van der Waals surface area contributed by atoms with Crippen molar-refractivity contribution < 1.29 is 22.3 Å². The summed E-state index contributed by atoms with van der Waals surface area (Å²) in [5.41, 5.74) is 1.05. The zero-order chi connectivity index (χ0) is 14.8. The Morgan fingerprint density at radius 2 is 2.20 bits per heavy atom. The number of ether oxygens (including phenoxy) is 1. The molecule has 7 nitrogen and oxygen atoms in total. The van der Waals surface area contributed by atoms with Gasteiger partial charge in [-0.3, -0.25) is 4.72 Å². The van der Waals surface area contributed by atoms with Gasteiger partial charge in [-0.2, -0.15) is 0 Å². The molecule has 0 aliphatic rings. The number of carbonyl (C=O) groups is 1. The third-order valence-electron chi connectivity index (χ3n) is 2.22. The molecule has 0 amide bonds. The van der Waals surface area contributed by atoms with Crippen LogP contribution >= 0.6 is 11.3 Å². The van der Waals surface area contributed by atoms with E-state index in [-0.39, 0.29) is 10.7 Å². The number of sulfonamides is 1. The van der Waals surface area contributed by atoms with Crippen LogP contribution < -0.4 is 4.72 Å². The second-order valence-electron chi connectivity index (χ2n) is 3.48. The number of methoxy groups -OCH3 is 1. The van der Waals surface area contributed by atoms with Crippen molar-refractivity contribution >= 4 is 32.5 Å². The molecule has 1 heterocycles. The van der Waals surface area contributed by atoms with Gasteiger partial charge < -0.3 is 4.74 Å². The van der Waals surface area contributed by atoms with Crippen LogP contribution in [0, 0.1) is 5.82 Å². The van der Waals surface area contributed by atoms with E-state index in [1.54, 1.807) is 0 Å². The normalized spacial score (nSPS) is 11.1. The molecular formula is C10H8FN3O4S2. The molecule has 0 fully saturated rings. The van der Waals surface area contributed by atoms with E-state index in [0.29, 0.717) is 0 Å². The molecule has 0 aliphatic heterocycles. The molecule has 0 aliphatic carbocycles. The summed E-state index contributed by atoms with van der Waals surface area (Å²) >= 11 is 0.946. The van der Waals surface area contributed by atoms with Crippen LogP contribution in [0.3, 0.4) is 0 Å². The van der Waals surface area contributed by atoms with Gasteiger partial charge in [-0.15, -0.1) is 10.2 Å². The Morgan fingerprint density at radius 1 is 1.45 bits per heavy atom. The highest BCUT2D eigenvalue weighted by Gasteiger charge is 2.24. The molecule has 0 radical (unpaired) electrons. The second-order valence-corrected chi connectivity index (χ2v) is 5.97. The summed E-state index contributed by atoms with van der Waals surface area (Å²) in [6, 6.07) is 2.74. The third kappa shape index (κ3) is 2.91. The predicted molar refractivity (Wildman–Crippen MR) is 68.5 cm³/mol. The van der Waals surface area contributed by atoms with Crippen molar-refractivity contribution in [3.63, 3.8) is 0 Å². The van der Waals surface area contributed by atoms with E-state index in [0.717, 1.165) is 36.6 Å². The lowest BCUT2D eigenvalue weighted by atomic mass is 10.2. The van der Waals surface area contributed by atoms with E-state index in [4.69, 9.17) is 0 Å². The summed E-state index contributed by atoms with van der Waals surface area (Å²) in [6.45, 7) is 0. The molecule has 1 aromatic heterocycles. The SMILES string of the molecule is COC(=O)c1ccc(F)cc1S(=O)(=O)Nc1nncs1. The largest absolute Gasteiger partial charge is 0.465 e. The van der Waals surface area contributed by atoms with Crippen LogP contribution in [0.1, 0.15) is 10.4 Å². The molecule has 20 heavy (non-hydrogen) atoms. The second kappa shape index (κ2) is 5.51. The van der Waals surface area contributed by atoms with Gasteiger partial charge in [0.25, 0.3) is 10.0 Å². The van der Waals surface area contributed by atoms with Crippen molar-refractivity contribution in [2.75, 3.05) is 11.8 Å². The first-order valence-corrected chi connectivity index (χ1v) is 7.47. The maximum atomic E-state index is 13.3. The summed E-state index contributed by atoms with van der Waals surface area (Å²) in [6.07, 6.45) is 0. The number of anilines is 1. The standard InChI is InChI=1S/C10H8FN3O4S2/c1-18-9(15)7-3-2-6(11)4-8(7)20(16,17)14-10-13-12-5-19-10/h2-5H,1H3,(H,13,14). The average Bonchev–Trinajstić information content (AvgIpc) is 2.90. The number of esters is 1. The van der Waals surface area contributed by atoms with Crippen molar-refractivity contribution in [2.24, 2.45) is 0 Å². The average molecular weight is 317 g/mol. The monoisotopic (exact) mass is 317 g/mol. The Hall–Kier alpha value is -2.07. The van der Waals surface area contributed by atoms with E-state index in [1.165, 1.54) is 5.51 Å². The third-order valence-corrected chi connectivity index (χ3v) is 4.33. The molecule has 106 valence electrons. The summed E-state index contributed by atoms with van der Waals surface area (Å²) in [4.78, 5) is 11.0. The molecule has 0 bridgehead atoms. The minimum absolute atomic E-state index is 0.00470. The van der Waals surface area contributed by atoms with Crippen LogP contribution in [-0.2, 0) is 14.8 Å². The fourth-order valence-corrected chi connectivity index (χ4v) is 3.28. The van der Waals surface area contributed by atoms with Gasteiger partial charge in [-0.25, -0.2) is 17.6 Å². The molecule has 0 atom stereocenters. The maximum absolute atomic E-state index is 13.3. The topological polar surface area (TPSA) is 98.2 Å². The van der Waals surface area contributed by atoms with Crippen molar-refractivity contribution in [3.8, 4) is 0 Å². The zero-order valence-corrected chi connectivity index (χ0v) is 11.7. The fraction of sp³-hybridized carbons (Fsp3) is 0.100. The van der Waals surface area contributed by atoms with Crippen LogP contribution in [0.25, 0.3) is 0 Å². The highest BCUT2D eigenvalue weighted by Crippen LogP contribution is 2.22. The molecule has 0 saturated carbocycles. The summed E-state index contributed by atoms with van der Waals surface area (Å²) in [5.74, 6) is -1.68. The van der Waals surface area contributed by atoms with Crippen LogP contribution in [0.4, 0.5) is 9.52 Å². The van der Waals surface area contributed by atoms with Crippen molar-refractivity contribution in [3.05, 3.63) is 35.1 Å². The first-order valence-electron chi connectivity index (χ1n) is 5.11. The number of rotatable bonds is 4. The first-order chi connectivity index (χ1) is 9.44. The molecular weight excluding hydrogens is 309 g/mol. The number of halogens is 1. The van der Waals surface area contributed by atoms with Crippen molar-refractivity contribution in [1.82, 2.24) is 10.2 Å². The number of carbonyl (C=O) groups excluding carboxylic acids is 1. The van der Waals surface area contributed by atoms with Crippen molar-refractivity contribution in [2.45, 2.75) is 4.90 Å². The van der Waals surface area contributed by atoms with Gasteiger partial charge in [0.2, 0.25) is 5.13 Å². The summed E-state index contributed by atoms with van der Waals surface area (Å²) in [5, 5.41) is 6.98. The molecule has 1 N–H and O–H groups in total. The molecule has 1 aromatic carbocycles. The quantitative estimate of drug-likeness (QED) is 0.853. The van der Waals surface area contributed by atoms with E-state index < -0.39 is 26.7 Å². The van der Waals surface area contributed by atoms with Gasteiger partial charge in [0.15, 0.2) is 0 Å². The van der Waals surface area contributed by atoms with E-state index in [1.807, 2.05) is 0 Å². The van der Waals surface area contributed by atoms with Crippen LogP contribution in [0.5, 0.6) is 0 Å². The van der Waals surface area contributed by atoms with Crippen molar-refractivity contribution in [1.29, 1.82) is 0 Å². The number of benzene rings is 1. The summed E-state index contributed by atoms with van der Waals surface area (Å²) < 4.78 is 44.1. The first kappa shape index (κ1) is 14.3. The predicted octanol–water partition coefficient (Wildman–Crippen LogP) is 1.26. The molecule has 2 aromatic rings. The lowest BCUT2D eigenvalue weighted by Crippen LogP contribution is -2.18. The Balaban J connectivity index is 2.50. The Labute approximate surface area is 117 Å². The molecule has 0 saturated heterocycles. The maximum Gasteiger partial charge on any atom is 0.339 e. The van der Waals surface area contributed by atoms with Gasteiger partial charge in [0, 0.05) is 0 Å². The highest BCUT2D eigenvalue weighted by atomic mass is 32.2. The minimum atomic E-state index is -4.17. The Bertz CT molecular complexity index is 731. The molecule has 2 rings (SSSR count). The Kier molecular flexibility index (Phi) is 3.95. The number of aromatic nitrogens is 2. The number of nitrogens with zero attached hydrogens (tertiary/aromatic N) is 2. The van der Waals surface area contributed by atoms with Crippen LogP contribution in [-0.4, -0.2) is 31.7 Å². The van der Waals surface area contributed by atoms with Crippen LogP contribution in [0.2, 0.25) is 0 Å². The van der Waals surface area contributed by atoms with Gasteiger partial charge in [0.05, 0.1) is 12.7 Å². The molecule has 0 spiro atoms. The van der Waals surface area contributed by atoms with Gasteiger partial charge in [-0.05, 0) is 18.2 Å². The van der Waals surface area contributed by atoms with Gasteiger partial charge in [-0.1, -0.05) is 11.3 Å². The Morgan fingerprint density at radius 3 is 2.80 bits per heavy atom. The number of hydrogen-bond donors (Lipinski definition) is 1. The van der Waals surface area contributed by atoms with Gasteiger partial charge in [0.1, 0.15) is 16.2 Å². The van der Waals surface area contributed by atoms with Gasteiger partial charge >= 0.3 is 5.97 Å². The summed E-state index contributed by atoms with van der Waals surface area (Å²) in [7, 11) is -3.08. The fourth-order valence-electron chi connectivity index (χ4n) is 1.38. The minimum Gasteiger partial charge on any atom is -0.465 e. The smallest absolute Gasteiger partial charge is 0.339 e. The van der Waals surface area contributed by atoms with E-state index >= 15 is 0 Å². The molecule has 0 unspecified atom stereocenters. The number of nitrogens with one attached hydrogen (secondary N) is 1. The highest BCUT2D eigenvalue weighted by molar-refractivity contribution is 7.93. The lowest BCUT2D eigenvalue weighted by Gasteiger charge is -2.09. The van der Waals surface area contributed by atoms with E-state index in [9.17, 15) is 17.6 Å². The zero-order valence-electron chi connectivity index (χ0n) is 10.0.